The average Bonchev–Trinajstić information content (AvgIpc) is 3.06. The number of esters is 1. The number of hydrogen-bond acceptors (Lipinski definition) is 3. The van der Waals surface area contributed by atoms with Gasteiger partial charge in [-0.15, -0.1) is 0 Å². The maximum absolute atomic E-state index is 13.0. The maximum atomic E-state index is 13.0. The summed E-state index contributed by atoms with van der Waals surface area (Å²) in [5.41, 5.74) is 2.87. The third-order valence-corrected chi connectivity index (χ3v) is 6.00. The van der Waals surface area contributed by atoms with Crippen LogP contribution in [0.2, 0.25) is 0 Å². The SMILES string of the molecule is CCCCN1CCC(COC(=O)c2c3n(c4ccccc24)CCC=C3)CC1. The van der Waals surface area contributed by atoms with Crippen LogP contribution in [0.5, 0.6) is 0 Å². The Kier molecular flexibility index (Phi) is 5.63. The van der Waals surface area contributed by atoms with E-state index in [1.54, 1.807) is 0 Å². The zero-order valence-electron chi connectivity index (χ0n) is 16.3. The number of carbonyl (C=O) groups is 1. The van der Waals surface area contributed by atoms with Gasteiger partial charge in [0.05, 0.1) is 17.9 Å². The molecule has 1 saturated heterocycles. The number of fused-ring (bicyclic) bond motifs is 3. The first-order valence-electron chi connectivity index (χ1n) is 10.4. The van der Waals surface area contributed by atoms with Crippen LogP contribution >= 0.6 is 0 Å². The number of allylic oxidation sites excluding steroid dienone is 1. The number of piperidine rings is 1. The lowest BCUT2D eigenvalue weighted by Gasteiger charge is -2.31. The highest BCUT2D eigenvalue weighted by molar-refractivity contribution is 6.08. The molecule has 0 N–H and O–H groups in total. The molecule has 1 aromatic heterocycles. The summed E-state index contributed by atoms with van der Waals surface area (Å²) in [4.78, 5) is 15.5. The number of aromatic nitrogens is 1. The van der Waals surface area contributed by atoms with Crippen LogP contribution < -0.4 is 0 Å². The van der Waals surface area contributed by atoms with E-state index in [1.807, 2.05) is 18.2 Å². The van der Waals surface area contributed by atoms with E-state index in [2.05, 4.69) is 34.6 Å². The van der Waals surface area contributed by atoms with Gasteiger partial charge in [0.1, 0.15) is 0 Å². The lowest BCUT2D eigenvalue weighted by Crippen LogP contribution is -2.36. The third-order valence-electron chi connectivity index (χ3n) is 6.00. The van der Waals surface area contributed by atoms with Crippen molar-refractivity contribution in [2.45, 2.75) is 45.6 Å². The second-order valence-electron chi connectivity index (χ2n) is 7.86. The molecule has 27 heavy (non-hydrogen) atoms. The van der Waals surface area contributed by atoms with E-state index in [0.717, 1.165) is 61.1 Å². The summed E-state index contributed by atoms with van der Waals surface area (Å²) in [7, 11) is 0. The predicted octanol–water partition coefficient (Wildman–Crippen LogP) is 4.73. The monoisotopic (exact) mass is 366 g/mol. The number of para-hydroxylation sites is 1. The molecule has 0 bridgehead atoms. The predicted molar refractivity (Wildman–Crippen MR) is 110 cm³/mol. The minimum Gasteiger partial charge on any atom is -0.462 e. The minimum atomic E-state index is -0.167. The van der Waals surface area contributed by atoms with Crippen molar-refractivity contribution in [3.8, 4) is 0 Å². The Hall–Kier alpha value is -2.07. The molecule has 4 nitrogen and oxygen atoms in total. The number of benzene rings is 1. The van der Waals surface area contributed by atoms with Crippen LogP contribution in [-0.4, -0.2) is 41.7 Å². The van der Waals surface area contributed by atoms with Crippen molar-refractivity contribution in [2.24, 2.45) is 5.92 Å². The van der Waals surface area contributed by atoms with E-state index in [1.165, 1.54) is 19.4 Å². The van der Waals surface area contributed by atoms with Crippen LogP contribution in [0.1, 0.15) is 55.1 Å². The molecule has 1 aromatic carbocycles. The average molecular weight is 367 g/mol. The van der Waals surface area contributed by atoms with Crippen molar-refractivity contribution >= 4 is 22.9 Å². The molecule has 0 spiro atoms. The van der Waals surface area contributed by atoms with Crippen LogP contribution in [0, 0.1) is 5.92 Å². The van der Waals surface area contributed by atoms with Gasteiger partial charge < -0.3 is 14.2 Å². The van der Waals surface area contributed by atoms with Gasteiger partial charge in [-0.25, -0.2) is 4.79 Å². The van der Waals surface area contributed by atoms with Gasteiger partial charge in [0.25, 0.3) is 0 Å². The van der Waals surface area contributed by atoms with Crippen LogP contribution in [0.4, 0.5) is 0 Å². The van der Waals surface area contributed by atoms with E-state index in [9.17, 15) is 4.79 Å². The number of ether oxygens (including phenoxy) is 1. The lowest BCUT2D eigenvalue weighted by molar-refractivity contribution is 0.0373. The molecule has 2 aromatic rings. The molecule has 3 heterocycles. The van der Waals surface area contributed by atoms with E-state index in [4.69, 9.17) is 4.74 Å². The van der Waals surface area contributed by atoms with Crippen LogP contribution in [0.25, 0.3) is 17.0 Å². The third kappa shape index (κ3) is 3.81. The Balaban J connectivity index is 1.42. The Morgan fingerprint density at radius 2 is 2.00 bits per heavy atom. The number of rotatable bonds is 6. The van der Waals surface area contributed by atoms with Gasteiger partial charge in [0, 0.05) is 17.4 Å². The number of aryl methyl sites for hydroxylation is 1. The Morgan fingerprint density at radius 1 is 1.19 bits per heavy atom. The molecule has 0 aliphatic carbocycles. The van der Waals surface area contributed by atoms with Gasteiger partial charge in [-0.05, 0) is 63.4 Å². The molecule has 0 saturated carbocycles. The molecule has 2 aliphatic heterocycles. The molecular formula is C23H30N2O2. The molecule has 0 radical (unpaired) electrons. The number of likely N-dealkylation sites (tertiary alicyclic amines) is 1. The minimum absolute atomic E-state index is 0.167. The fourth-order valence-electron chi connectivity index (χ4n) is 4.37. The van der Waals surface area contributed by atoms with E-state index < -0.39 is 0 Å². The van der Waals surface area contributed by atoms with Gasteiger partial charge in [0.2, 0.25) is 0 Å². The summed E-state index contributed by atoms with van der Waals surface area (Å²) in [5, 5.41) is 1.01. The second kappa shape index (κ2) is 8.30. The van der Waals surface area contributed by atoms with Crippen molar-refractivity contribution in [1.82, 2.24) is 9.47 Å². The largest absolute Gasteiger partial charge is 0.462 e. The molecule has 4 heteroatoms. The van der Waals surface area contributed by atoms with Gasteiger partial charge in [-0.1, -0.05) is 37.6 Å². The van der Waals surface area contributed by atoms with Crippen molar-refractivity contribution in [1.29, 1.82) is 0 Å². The fraction of sp³-hybridized carbons (Fsp3) is 0.522. The number of hydrogen-bond donors (Lipinski definition) is 0. The van der Waals surface area contributed by atoms with Gasteiger partial charge >= 0.3 is 5.97 Å². The first-order chi connectivity index (χ1) is 13.3. The van der Waals surface area contributed by atoms with Crippen molar-refractivity contribution < 1.29 is 9.53 Å². The van der Waals surface area contributed by atoms with Crippen LogP contribution in [0.15, 0.2) is 30.3 Å². The Bertz CT molecular complexity index is 828. The highest BCUT2D eigenvalue weighted by atomic mass is 16.5. The summed E-state index contributed by atoms with van der Waals surface area (Å²) < 4.78 is 8.06. The zero-order chi connectivity index (χ0) is 18.6. The topological polar surface area (TPSA) is 34.5 Å². The molecule has 0 amide bonds. The second-order valence-corrected chi connectivity index (χ2v) is 7.86. The van der Waals surface area contributed by atoms with Crippen LogP contribution in [-0.2, 0) is 11.3 Å². The molecule has 2 aliphatic rings. The van der Waals surface area contributed by atoms with Crippen molar-refractivity contribution in [2.75, 3.05) is 26.2 Å². The van der Waals surface area contributed by atoms with Crippen molar-refractivity contribution in [3.05, 3.63) is 41.6 Å². The quantitative estimate of drug-likeness (QED) is 0.693. The molecule has 0 unspecified atom stereocenters. The molecule has 144 valence electrons. The van der Waals surface area contributed by atoms with Gasteiger partial charge in [-0.3, -0.25) is 0 Å². The Labute approximate surface area is 161 Å². The first kappa shape index (κ1) is 18.3. The summed E-state index contributed by atoms with van der Waals surface area (Å²) in [6, 6.07) is 8.17. The molecular weight excluding hydrogens is 336 g/mol. The fourth-order valence-corrected chi connectivity index (χ4v) is 4.37. The van der Waals surface area contributed by atoms with E-state index >= 15 is 0 Å². The summed E-state index contributed by atoms with van der Waals surface area (Å²) in [6.45, 7) is 7.19. The normalized spacial score (nSPS) is 18.0. The highest BCUT2D eigenvalue weighted by Gasteiger charge is 2.25. The summed E-state index contributed by atoms with van der Waals surface area (Å²) >= 11 is 0. The lowest BCUT2D eigenvalue weighted by atomic mass is 9.97. The van der Waals surface area contributed by atoms with Gasteiger partial charge in [0.15, 0.2) is 0 Å². The first-order valence-corrected chi connectivity index (χ1v) is 10.4. The smallest absolute Gasteiger partial charge is 0.340 e. The number of carbonyl (C=O) groups excluding carboxylic acids is 1. The molecule has 1 fully saturated rings. The summed E-state index contributed by atoms with van der Waals surface area (Å²) in [6.07, 6.45) is 10.0. The number of nitrogens with zero attached hydrogens (tertiary/aromatic N) is 2. The summed E-state index contributed by atoms with van der Waals surface area (Å²) in [5.74, 6) is 0.326. The zero-order valence-corrected chi connectivity index (χ0v) is 16.3. The molecule has 4 rings (SSSR count). The standard InChI is InChI=1S/C23H30N2O2/c1-2-3-13-24-15-11-18(12-16-24)17-27-23(26)22-19-8-4-5-9-20(19)25-14-7-6-10-21(22)25/h4-6,8-10,18H,2-3,7,11-17H2,1H3. The van der Waals surface area contributed by atoms with Crippen molar-refractivity contribution in [3.63, 3.8) is 0 Å². The highest BCUT2D eigenvalue weighted by Crippen LogP contribution is 2.31. The van der Waals surface area contributed by atoms with E-state index in [0.29, 0.717) is 12.5 Å². The Morgan fingerprint density at radius 3 is 2.81 bits per heavy atom. The van der Waals surface area contributed by atoms with E-state index in [-0.39, 0.29) is 5.97 Å². The maximum Gasteiger partial charge on any atom is 0.340 e. The number of unbranched alkanes of at least 4 members (excludes halogenated alkanes) is 1. The van der Waals surface area contributed by atoms with Gasteiger partial charge in [-0.2, -0.15) is 0 Å². The molecule has 0 atom stereocenters. The van der Waals surface area contributed by atoms with Crippen LogP contribution in [0.3, 0.4) is 0 Å².